The number of rotatable bonds is 4. The highest BCUT2D eigenvalue weighted by Crippen LogP contribution is 2.39. The van der Waals surface area contributed by atoms with Crippen molar-refractivity contribution < 1.29 is 31.3 Å². The molecule has 23 heavy (non-hydrogen) atoms. The first kappa shape index (κ1) is 18.2. The summed E-state index contributed by atoms with van der Waals surface area (Å²) >= 11 is 0. The molecule has 1 aromatic heterocycles. The number of hydrogen-bond acceptors (Lipinski definition) is 3. The lowest BCUT2D eigenvalue weighted by Crippen LogP contribution is -2.44. The zero-order valence-electron chi connectivity index (χ0n) is 13.2. The fraction of sp³-hybridized carbons (Fsp3) is 0.769. The molecule has 0 saturated carbocycles. The third-order valence-electron chi connectivity index (χ3n) is 4.42. The molecule has 1 aliphatic heterocycles. The number of nitrogens with zero attached hydrogens (tertiary/aromatic N) is 2. The molecule has 1 atom stereocenters. The molecule has 2 heterocycles. The molecule has 2 rings (SSSR count). The van der Waals surface area contributed by atoms with Crippen LogP contribution in [0.5, 0.6) is 0 Å². The molecule has 1 unspecified atom stereocenters. The molecule has 1 saturated heterocycles. The van der Waals surface area contributed by atoms with E-state index in [1.165, 1.54) is 6.20 Å². The van der Waals surface area contributed by atoms with Crippen LogP contribution >= 0.6 is 0 Å². The van der Waals surface area contributed by atoms with E-state index in [0.29, 0.717) is 16.6 Å². The van der Waals surface area contributed by atoms with E-state index in [4.69, 9.17) is 9.31 Å². The quantitative estimate of drug-likeness (QED) is 0.625. The van der Waals surface area contributed by atoms with E-state index in [1.54, 1.807) is 0 Å². The van der Waals surface area contributed by atoms with Gasteiger partial charge in [-0.15, -0.1) is 0 Å². The molecular formula is C13H18BF5N2O2. The number of aromatic nitrogens is 2. The van der Waals surface area contributed by atoms with Crippen molar-refractivity contribution in [1.82, 2.24) is 9.78 Å². The lowest BCUT2D eigenvalue weighted by atomic mass is 9.82. The van der Waals surface area contributed by atoms with Gasteiger partial charge in [0.25, 0.3) is 0 Å². The minimum absolute atomic E-state index is 0.299. The van der Waals surface area contributed by atoms with Gasteiger partial charge in [0.2, 0.25) is 0 Å². The molecule has 1 aliphatic rings. The lowest BCUT2D eigenvalue weighted by Gasteiger charge is -2.35. The van der Waals surface area contributed by atoms with Gasteiger partial charge in [-0.25, -0.2) is 0 Å². The Morgan fingerprint density at radius 3 is 2.26 bits per heavy atom. The van der Waals surface area contributed by atoms with Gasteiger partial charge in [-0.05, 0) is 27.2 Å². The Kier molecular flexibility index (Phi) is 4.30. The highest BCUT2D eigenvalue weighted by Gasteiger charge is 2.58. The largest absolute Gasteiger partial charge is 0.498 e. The van der Waals surface area contributed by atoms with E-state index < -0.39 is 37.0 Å². The maximum absolute atomic E-state index is 13.1. The van der Waals surface area contributed by atoms with Crippen LogP contribution in [0.2, 0.25) is 0 Å². The zero-order valence-corrected chi connectivity index (χ0v) is 13.2. The van der Waals surface area contributed by atoms with Crippen molar-refractivity contribution in [2.45, 2.75) is 64.0 Å². The van der Waals surface area contributed by atoms with Crippen LogP contribution in [0.15, 0.2) is 12.4 Å². The summed E-state index contributed by atoms with van der Waals surface area (Å²) in [6.45, 7) is 5.85. The molecule has 0 radical (unpaired) electrons. The van der Waals surface area contributed by atoms with Crippen molar-refractivity contribution in [2.75, 3.05) is 0 Å². The second-order valence-corrected chi connectivity index (χ2v) is 6.34. The van der Waals surface area contributed by atoms with Crippen molar-refractivity contribution in [1.29, 1.82) is 0 Å². The summed E-state index contributed by atoms with van der Waals surface area (Å²) in [6, 6.07) is 0. The minimum Gasteiger partial charge on any atom is -0.399 e. The average molecular weight is 340 g/mol. The summed E-state index contributed by atoms with van der Waals surface area (Å²) in [5, 5.41) is 3.56. The highest BCUT2D eigenvalue weighted by atomic mass is 19.4. The molecule has 1 fully saturated rings. The molecule has 0 spiro atoms. The summed E-state index contributed by atoms with van der Waals surface area (Å²) in [4.78, 5) is 0. The van der Waals surface area contributed by atoms with Crippen LogP contribution in [0.1, 0.15) is 34.1 Å². The van der Waals surface area contributed by atoms with E-state index in [0.717, 1.165) is 6.20 Å². The maximum Gasteiger partial charge on any atom is 0.498 e. The number of alkyl halides is 5. The van der Waals surface area contributed by atoms with Crippen LogP contribution in [0.3, 0.4) is 0 Å². The van der Waals surface area contributed by atoms with E-state index in [-0.39, 0.29) is 0 Å². The summed E-state index contributed by atoms with van der Waals surface area (Å²) < 4.78 is 75.0. The summed E-state index contributed by atoms with van der Waals surface area (Å²) in [5.41, 5.74) is -0.937. The van der Waals surface area contributed by atoms with Crippen molar-refractivity contribution >= 4 is 12.6 Å². The second-order valence-electron chi connectivity index (χ2n) is 6.34. The second kappa shape index (κ2) is 5.44. The van der Waals surface area contributed by atoms with Gasteiger partial charge in [-0.2, -0.15) is 27.1 Å². The Bertz CT molecular complexity index is 575. The van der Waals surface area contributed by atoms with E-state index in [1.807, 2.05) is 27.7 Å². The van der Waals surface area contributed by atoms with Gasteiger partial charge in [0.1, 0.15) is 6.54 Å². The normalized spacial score (nSPS) is 25.2. The van der Waals surface area contributed by atoms with E-state index in [9.17, 15) is 22.0 Å². The summed E-state index contributed by atoms with van der Waals surface area (Å²) in [7, 11) is -0.858. The molecule has 0 aromatic carbocycles. The van der Waals surface area contributed by atoms with Crippen LogP contribution in [-0.4, -0.2) is 40.2 Å². The molecular weight excluding hydrogens is 322 g/mol. The Hall–Kier alpha value is -1.16. The van der Waals surface area contributed by atoms with Crippen molar-refractivity contribution in [2.24, 2.45) is 0 Å². The molecule has 4 nitrogen and oxygen atoms in total. The van der Waals surface area contributed by atoms with Crippen LogP contribution in [0, 0.1) is 0 Å². The van der Waals surface area contributed by atoms with Crippen molar-refractivity contribution in [3.63, 3.8) is 0 Å². The van der Waals surface area contributed by atoms with Gasteiger partial charge < -0.3 is 9.31 Å². The minimum atomic E-state index is -5.62. The lowest BCUT2D eigenvalue weighted by molar-refractivity contribution is -0.287. The molecule has 0 N–H and O–H groups in total. The molecule has 0 bridgehead atoms. The van der Waals surface area contributed by atoms with Gasteiger partial charge >= 0.3 is 19.2 Å². The molecule has 1 aromatic rings. The highest BCUT2D eigenvalue weighted by molar-refractivity contribution is 6.62. The Morgan fingerprint density at radius 2 is 1.78 bits per heavy atom. The van der Waals surface area contributed by atoms with Crippen LogP contribution in [0.25, 0.3) is 0 Å². The summed E-state index contributed by atoms with van der Waals surface area (Å²) in [6.07, 6.45) is -2.71. The predicted octanol–water partition coefficient (Wildman–Crippen LogP) is 2.77. The number of halogens is 5. The maximum atomic E-state index is 13.1. The van der Waals surface area contributed by atoms with Crippen molar-refractivity contribution in [3.8, 4) is 0 Å². The summed E-state index contributed by atoms with van der Waals surface area (Å²) in [5.74, 6) is -4.86. The van der Waals surface area contributed by atoms with Crippen LogP contribution in [0.4, 0.5) is 22.0 Å². The smallest absolute Gasteiger partial charge is 0.399 e. The molecule has 10 heteroatoms. The van der Waals surface area contributed by atoms with Crippen molar-refractivity contribution in [3.05, 3.63) is 12.4 Å². The Balaban J connectivity index is 2.15. The Morgan fingerprint density at radius 1 is 1.17 bits per heavy atom. The first-order chi connectivity index (χ1) is 10.3. The predicted molar refractivity (Wildman–Crippen MR) is 73.6 cm³/mol. The standard InChI is InChI=1S/C13H18BF5N2O2/c1-5-11(4)10(2,3)22-14(23-11)9-6-20-21(7-9)8-12(15,16)13(17,18)19/h6-7H,5,8H2,1-4H3. The Labute approximate surface area is 131 Å². The van der Waals surface area contributed by atoms with E-state index in [2.05, 4.69) is 5.10 Å². The first-order valence-electron chi connectivity index (χ1n) is 7.14. The fourth-order valence-electron chi connectivity index (χ4n) is 2.32. The number of hydrogen-bond donors (Lipinski definition) is 0. The van der Waals surface area contributed by atoms with Gasteiger partial charge in [0, 0.05) is 17.9 Å². The van der Waals surface area contributed by atoms with Crippen LogP contribution in [-0.2, 0) is 15.9 Å². The van der Waals surface area contributed by atoms with Gasteiger partial charge in [0.15, 0.2) is 0 Å². The van der Waals surface area contributed by atoms with Gasteiger partial charge in [0.05, 0.1) is 11.2 Å². The fourth-order valence-corrected chi connectivity index (χ4v) is 2.32. The molecule has 0 amide bonds. The topological polar surface area (TPSA) is 36.3 Å². The average Bonchev–Trinajstić information content (AvgIpc) is 2.92. The third-order valence-corrected chi connectivity index (χ3v) is 4.42. The van der Waals surface area contributed by atoms with E-state index >= 15 is 0 Å². The molecule has 130 valence electrons. The SMILES string of the molecule is CCC1(C)OB(c2cnn(CC(F)(F)C(F)(F)F)c2)OC1(C)C. The van der Waals surface area contributed by atoms with Gasteiger partial charge in [-0.3, -0.25) is 4.68 Å². The first-order valence-corrected chi connectivity index (χ1v) is 7.14. The zero-order chi connectivity index (χ0) is 17.7. The van der Waals surface area contributed by atoms with Gasteiger partial charge in [-0.1, -0.05) is 6.92 Å². The monoisotopic (exact) mass is 340 g/mol. The van der Waals surface area contributed by atoms with Crippen LogP contribution < -0.4 is 5.46 Å². The molecule has 0 aliphatic carbocycles. The third kappa shape index (κ3) is 3.23.